The number of rotatable bonds is 7. The molecule has 0 amide bonds. The Kier molecular flexibility index (Phi) is 15.9. The Morgan fingerprint density at radius 3 is 0.888 bits per heavy atom. The first kappa shape index (κ1) is 63.9. The molecule has 0 bridgehead atoms. The molecule has 3 aromatic heterocycles. The molecule has 0 atom stereocenters. The molecule has 0 aliphatic carbocycles. The van der Waals surface area contributed by atoms with Crippen LogP contribution in [-0.4, -0.2) is 34.5 Å². The average Bonchev–Trinajstić information content (AvgIpc) is 1.67. The summed E-state index contributed by atoms with van der Waals surface area (Å²) in [4.78, 5) is 32.9. The van der Waals surface area contributed by atoms with Gasteiger partial charge in [0.05, 0.1) is 28.4 Å². The van der Waals surface area contributed by atoms with Crippen LogP contribution in [0.4, 0.5) is 0 Å². The van der Waals surface area contributed by atoms with E-state index in [-0.39, 0.29) is 43.3 Å². The van der Waals surface area contributed by atoms with Crippen molar-refractivity contribution in [1.82, 2.24) is 34.5 Å². The fourth-order valence-electron chi connectivity index (χ4n) is 11.4. The Bertz CT molecular complexity index is 4130. The van der Waals surface area contributed by atoms with Gasteiger partial charge in [0.2, 0.25) is 0 Å². The van der Waals surface area contributed by atoms with E-state index in [9.17, 15) is 5.26 Å². The highest BCUT2D eigenvalue weighted by Crippen LogP contribution is 2.43. The molecule has 0 aliphatic rings. The van der Waals surface area contributed by atoms with Crippen LogP contribution in [0, 0.1) is 11.3 Å². The molecule has 0 radical (unpaired) electrons. The molecule has 89 heavy (non-hydrogen) atoms. The van der Waals surface area contributed by atoms with E-state index in [0.717, 1.165) is 55.3 Å². The summed E-state index contributed by atoms with van der Waals surface area (Å²) in [7, 11) is 0. The highest BCUT2D eigenvalue weighted by atomic mass is 15.1. The number of nitriles is 1. The first-order chi connectivity index (χ1) is 41.0. The molecular weight excluding hydrogens is 1080 g/mol. The number of hydrogen-bond acceptors (Lipinski definition) is 7. The third kappa shape index (κ3) is 13.3. The molecule has 3 heterocycles. The summed E-state index contributed by atoms with van der Waals surface area (Å²) in [6.07, 6.45) is 0. The van der Waals surface area contributed by atoms with Gasteiger partial charge in [-0.3, -0.25) is 0 Å². The third-order valence-corrected chi connectivity index (χ3v) is 17.5. The lowest BCUT2D eigenvalue weighted by Crippen LogP contribution is -2.17. The Balaban J connectivity index is 1.25. The fraction of sp³-hybridized carbons (Fsp3) is 0.395. The zero-order valence-corrected chi connectivity index (χ0v) is 57.8. The molecule has 0 unspecified atom stereocenters. The molecule has 10 aromatic rings. The van der Waals surface area contributed by atoms with Crippen molar-refractivity contribution >= 4 is 21.8 Å². The van der Waals surface area contributed by atoms with E-state index in [1.54, 1.807) is 0 Å². The Morgan fingerprint density at radius 2 is 0.573 bits per heavy atom. The predicted molar refractivity (Wildman–Crippen MR) is 374 cm³/mol. The number of nitrogens with zero attached hydrogens (tertiary/aromatic N) is 8. The Hall–Kier alpha value is -8.15. The van der Waals surface area contributed by atoms with E-state index in [4.69, 9.17) is 29.9 Å². The number of benzene rings is 7. The molecule has 10 rings (SSSR count). The van der Waals surface area contributed by atoms with Gasteiger partial charge in [0.25, 0.3) is 0 Å². The second-order valence-electron chi connectivity index (χ2n) is 33.2. The van der Waals surface area contributed by atoms with E-state index in [2.05, 4.69) is 292 Å². The quantitative estimate of drug-likeness (QED) is 0.156. The van der Waals surface area contributed by atoms with Crippen LogP contribution in [0.25, 0.3) is 95.8 Å². The molecule has 0 saturated carbocycles. The Morgan fingerprint density at radius 1 is 0.281 bits per heavy atom. The number of fused-ring (bicyclic) bond motifs is 3. The largest absolute Gasteiger partial charge is 0.308 e. The molecule has 0 saturated heterocycles. The van der Waals surface area contributed by atoms with E-state index < -0.39 is 0 Å². The molecule has 0 fully saturated rings. The summed E-state index contributed by atoms with van der Waals surface area (Å²) < 4.78 is 2.30. The van der Waals surface area contributed by atoms with E-state index in [1.165, 1.54) is 44.5 Å². The van der Waals surface area contributed by atoms with Gasteiger partial charge in [-0.25, -0.2) is 29.9 Å². The lowest BCUT2D eigenvalue weighted by Gasteiger charge is -2.26. The van der Waals surface area contributed by atoms with Crippen LogP contribution in [-0.2, 0) is 43.3 Å². The molecule has 8 nitrogen and oxygen atoms in total. The van der Waals surface area contributed by atoms with Crippen molar-refractivity contribution in [3.05, 3.63) is 184 Å². The smallest absolute Gasteiger partial charge is 0.166 e. The second kappa shape index (κ2) is 22.1. The van der Waals surface area contributed by atoms with Gasteiger partial charge in [-0.1, -0.05) is 209 Å². The molecule has 8 heteroatoms. The molecule has 0 aliphatic heterocycles. The number of para-hydroxylation sites is 1. The minimum atomic E-state index is -0.154. The van der Waals surface area contributed by atoms with Gasteiger partial charge in [0.1, 0.15) is 0 Å². The normalized spacial score (nSPS) is 13.2. The lowest BCUT2D eigenvalue weighted by molar-refractivity contribution is 0.568. The van der Waals surface area contributed by atoms with Crippen molar-refractivity contribution in [2.75, 3.05) is 0 Å². The molecular formula is C81H94N8. The zero-order chi connectivity index (χ0) is 65.1. The van der Waals surface area contributed by atoms with Crippen LogP contribution in [0.5, 0.6) is 0 Å². The van der Waals surface area contributed by atoms with Gasteiger partial charge >= 0.3 is 0 Å². The van der Waals surface area contributed by atoms with Crippen molar-refractivity contribution in [3.63, 3.8) is 0 Å². The van der Waals surface area contributed by atoms with Crippen molar-refractivity contribution in [3.8, 4) is 80.1 Å². The van der Waals surface area contributed by atoms with E-state index in [1.807, 2.05) is 18.2 Å². The summed E-state index contributed by atoms with van der Waals surface area (Å²) in [6.45, 7) is 54.3. The van der Waals surface area contributed by atoms with Gasteiger partial charge in [0, 0.05) is 44.2 Å². The second-order valence-corrected chi connectivity index (χ2v) is 33.2. The SMILES string of the molecule is CC(C)(C)c1cc(-c2nc(-c3cc(C(C)(C)C)cc(C(C)(C)C)c3)nc(-c3ccc4c(c3)c3ccccc3n4-c3ccc(C#N)cc3-c3nc(-c4cc(C(C)(C)C)cc(C(C)(C)C)c4)nc(-c4cc(C(C)(C)C)cc(C(C)(C)C)c4)n3)n2)cc(C(C)(C)C)c1. The van der Waals surface area contributed by atoms with Crippen LogP contribution >= 0.6 is 0 Å². The molecule has 0 spiro atoms. The van der Waals surface area contributed by atoms with Crippen LogP contribution in [0.15, 0.2) is 133 Å². The fourth-order valence-corrected chi connectivity index (χ4v) is 11.4. The van der Waals surface area contributed by atoms with Crippen molar-refractivity contribution in [2.45, 2.75) is 209 Å². The maximum atomic E-state index is 10.8. The number of hydrogen-bond donors (Lipinski definition) is 0. The summed E-state index contributed by atoms with van der Waals surface area (Å²) in [5.41, 5.74) is 17.2. The maximum absolute atomic E-state index is 10.8. The Labute approximate surface area is 531 Å². The first-order valence-corrected chi connectivity index (χ1v) is 31.8. The summed E-state index contributed by atoms with van der Waals surface area (Å²) >= 11 is 0. The van der Waals surface area contributed by atoms with Gasteiger partial charge in [-0.2, -0.15) is 5.26 Å². The summed E-state index contributed by atoms with van der Waals surface area (Å²) in [5.74, 6) is 3.44. The zero-order valence-electron chi connectivity index (χ0n) is 57.8. The standard InChI is InChI=1S/C81H94N8/c1-74(2,3)54-34-50(35-55(43-54)75(4,5)6)69-83-68(84-70(85-69)51-36-56(76(7,8)9)44-57(37-51)77(10,11)12)49-30-32-66-63(42-49)62-27-25-26-28-65(62)89(66)67-31-29-48(47-82)33-64(67)73-87-71(52-38-58(78(13,14)15)45-59(39-52)79(16,17)18)86-72(88-73)53-40-60(80(19,20)21)46-61(41-53)81(22,23)24/h25-46H,1-24H3. The van der Waals surface area contributed by atoms with Crippen LogP contribution in [0.2, 0.25) is 0 Å². The number of aromatic nitrogens is 7. The predicted octanol–water partition coefficient (Wildman–Crippen LogP) is 21.4. The topological polar surface area (TPSA) is 106 Å². The maximum Gasteiger partial charge on any atom is 0.166 e. The van der Waals surface area contributed by atoms with Gasteiger partial charge in [0.15, 0.2) is 34.9 Å². The van der Waals surface area contributed by atoms with Gasteiger partial charge in [-0.05, 0) is 179 Å². The average molecular weight is 1180 g/mol. The lowest BCUT2D eigenvalue weighted by atomic mass is 9.79. The van der Waals surface area contributed by atoms with Crippen molar-refractivity contribution < 1.29 is 0 Å². The highest BCUT2D eigenvalue weighted by Gasteiger charge is 2.30. The third-order valence-electron chi connectivity index (χ3n) is 17.5. The van der Waals surface area contributed by atoms with Crippen LogP contribution in [0.3, 0.4) is 0 Å². The highest BCUT2D eigenvalue weighted by molar-refractivity contribution is 6.11. The minimum absolute atomic E-state index is 0.123. The van der Waals surface area contributed by atoms with Crippen LogP contribution < -0.4 is 0 Å². The van der Waals surface area contributed by atoms with E-state index in [0.29, 0.717) is 46.1 Å². The van der Waals surface area contributed by atoms with Crippen molar-refractivity contribution in [1.29, 1.82) is 5.26 Å². The van der Waals surface area contributed by atoms with Crippen LogP contribution in [0.1, 0.15) is 216 Å². The van der Waals surface area contributed by atoms with Gasteiger partial charge in [-0.15, -0.1) is 0 Å². The molecule has 0 N–H and O–H groups in total. The molecule has 7 aromatic carbocycles. The summed E-state index contributed by atoms with van der Waals surface area (Å²) in [5, 5.41) is 12.8. The minimum Gasteiger partial charge on any atom is -0.308 e. The molecule has 458 valence electrons. The summed E-state index contributed by atoms with van der Waals surface area (Å²) in [6, 6.07) is 50.9. The van der Waals surface area contributed by atoms with Crippen molar-refractivity contribution in [2.24, 2.45) is 0 Å². The van der Waals surface area contributed by atoms with E-state index >= 15 is 0 Å². The van der Waals surface area contributed by atoms with Gasteiger partial charge < -0.3 is 4.57 Å². The monoisotopic (exact) mass is 1180 g/mol. The first-order valence-electron chi connectivity index (χ1n) is 31.8.